The number of imidazole rings is 1. The van der Waals surface area contributed by atoms with E-state index in [0.717, 1.165) is 83.5 Å². The van der Waals surface area contributed by atoms with Gasteiger partial charge in [0.05, 0.1) is 22.4 Å². The molecule has 0 aliphatic rings. The maximum absolute atomic E-state index is 6.20. The van der Waals surface area contributed by atoms with Gasteiger partial charge in [0.1, 0.15) is 11.4 Å². The second kappa shape index (κ2) is 10.6. The van der Waals surface area contributed by atoms with Crippen LogP contribution in [-0.2, 0) is 0 Å². The molecule has 0 aliphatic heterocycles. The molecule has 5 nitrogen and oxygen atoms in total. The Bertz CT molecular complexity index is 2360. The molecule has 0 saturated heterocycles. The van der Waals surface area contributed by atoms with Crippen LogP contribution in [0.4, 0.5) is 0 Å². The Labute approximate surface area is 260 Å². The molecule has 0 radical (unpaired) electrons. The molecule has 0 fully saturated rings. The van der Waals surface area contributed by atoms with E-state index in [2.05, 4.69) is 96.6 Å². The van der Waals surface area contributed by atoms with Crippen LogP contribution in [0.25, 0.3) is 78.0 Å². The number of aryl methyl sites for hydroxylation is 1. The Hall–Kier alpha value is -6.07. The number of hydrogen-bond donors (Lipinski definition) is 0. The summed E-state index contributed by atoms with van der Waals surface area (Å²) in [5.41, 5.74) is 12.2. The van der Waals surface area contributed by atoms with Gasteiger partial charge in [-0.1, -0.05) is 104 Å². The predicted molar refractivity (Wildman–Crippen MR) is 184 cm³/mol. The minimum atomic E-state index is 0.574. The second-order valence-electron chi connectivity index (χ2n) is 11.1. The summed E-state index contributed by atoms with van der Waals surface area (Å²) in [5.74, 6) is 0.780. The van der Waals surface area contributed by atoms with Crippen molar-refractivity contribution < 1.29 is 4.42 Å². The van der Waals surface area contributed by atoms with E-state index in [1.54, 1.807) is 6.08 Å². The molecule has 8 rings (SSSR count). The second-order valence-corrected chi connectivity index (χ2v) is 11.1. The smallest absolute Gasteiger partial charge is 0.227 e. The first kappa shape index (κ1) is 26.5. The molecule has 0 bridgehead atoms. The van der Waals surface area contributed by atoms with Gasteiger partial charge in [-0.3, -0.25) is 9.55 Å². The monoisotopic (exact) mass is 580 g/mol. The quantitative estimate of drug-likeness (QED) is 0.184. The summed E-state index contributed by atoms with van der Waals surface area (Å²) in [6.07, 6.45) is 5.42. The van der Waals surface area contributed by atoms with E-state index in [4.69, 9.17) is 19.4 Å². The molecule has 4 aromatic heterocycles. The van der Waals surface area contributed by atoms with Crippen molar-refractivity contribution in [3.05, 3.63) is 152 Å². The van der Waals surface area contributed by atoms with Gasteiger partial charge in [-0.05, 0) is 53.5 Å². The summed E-state index contributed by atoms with van der Waals surface area (Å²) in [5, 5.41) is 1.90. The fraction of sp³-hybridized carbons (Fsp3) is 0.0250. The summed E-state index contributed by atoms with van der Waals surface area (Å²) in [6.45, 7) is 9.99. The highest BCUT2D eigenvalue weighted by molar-refractivity contribution is 6.06. The summed E-state index contributed by atoms with van der Waals surface area (Å²) >= 11 is 0. The van der Waals surface area contributed by atoms with Gasteiger partial charge in [0, 0.05) is 39.9 Å². The standard InChI is InChI=1S/C40H28N4O/c1-4-25(2)29-18-19-33-34-22-30(24-42-40(34)45-36(33)23-29)39-43-35-20-21-41-26(3)37(35)44(39)38-31(27-12-7-5-8-13-27)16-11-17-32(38)28-14-9-6-10-15-28/h4-24H,1-2H2,3H3. The number of furan rings is 1. The first-order valence-electron chi connectivity index (χ1n) is 14.8. The summed E-state index contributed by atoms with van der Waals surface area (Å²) in [6, 6.07) is 37.7. The van der Waals surface area contributed by atoms with E-state index in [-0.39, 0.29) is 0 Å². The van der Waals surface area contributed by atoms with Crippen LogP contribution in [0.5, 0.6) is 0 Å². The molecule has 0 unspecified atom stereocenters. The van der Waals surface area contributed by atoms with Crippen molar-refractivity contribution in [3.8, 4) is 39.3 Å². The third kappa shape index (κ3) is 4.36. The van der Waals surface area contributed by atoms with E-state index >= 15 is 0 Å². The largest absolute Gasteiger partial charge is 0.438 e. The van der Waals surface area contributed by atoms with E-state index < -0.39 is 0 Å². The Morgan fingerprint density at radius 1 is 0.756 bits per heavy atom. The molecule has 0 atom stereocenters. The maximum atomic E-state index is 6.20. The lowest BCUT2D eigenvalue weighted by Crippen LogP contribution is -2.04. The van der Waals surface area contributed by atoms with Crippen LogP contribution >= 0.6 is 0 Å². The van der Waals surface area contributed by atoms with E-state index in [1.165, 1.54) is 0 Å². The molecule has 4 aromatic carbocycles. The molecule has 8 aromatic rings. The normalized spacial score (nSPS) is 11.4. The summed E-state index contributed by atoms with van der Waals surface area (Å²) in [7, 11) is 0. The minimum Gasteiger partial charge on any atom is -0.438 e. The van der Waals surface area contributed by atoms with Crippen LogP contribution in [-0.4, -0.2) is 19.5 Å². The molecule has 0 aliphatic carbocycles. The number of para-hydroxylation sites is 1. The Kier molecular flexibility index (Phi) is 6.24. The number of aromatic nitrogens is 4. The number of benzene rings is 4. The van der Waals surface area contributed by atoms with Crippen molar-refractivity contribution in [2.75, 3.05) is 0 Å². The molecular formula is C40H28N4O. The molecular weight excluding hydrogens is 552 g/mol. The molecule has 0 saturated carbocycles. The van der Waals surface area contributed by atoms with Crippen LogP contribution in [0.2, 0.25) is 0 Å². The fourth-order valence-electron chi connectivity index (χ4n) is 6.18. The molecule has 5 heteroatoms. The van der Waals surface area contributed by atoms with Crippen LogP contribution < -0.4 is 0 Å². The summed E-state index contributed by atoms with van der Waals surface area (Å²) in [4.78, 5) is 14.8. The van der Waals surface area contributed by atoms with E-state index in [1.807, 2.05) is 49.6 Å². The van der Waals surface area contributed by atoms with Crippen LogP contribution in [0.1, 0.15) is 11.3 Å². The van der Waals surface area contributed by atoms with Gasteiger partial charge in [-0.25, -0.2) is 9.97 Å². The van der Waals surface area contributed by atoms with Crippen molar-refractivity contribution in [2.45, 2.75) is 6.92 Å². The van der Waals surface area contributed by atoms with Gasteiger partial charge in [0.2, 0.25) is 5.71 Å². The first-order chi connectivity index (χ1) is 22.1. The zero-order valence-electron chi connectivity index (χ0n) is 24.7. The Morgan fingerprint density at radius 3 is 2.16 bits per heavy atom. The lowest BCUT2D eigenvalue weighted by molar-refractivity contribution is 0.654. The van der Waals surface area contributed by atoms with E-state index in [9.17, 15) is 0 Å². The van der Waals surface area contributed by atoms with Gasteiger partial charge < -0.3 is 4.42 Å². The Morgan fingerprint density at radius 2 is 1.47 bits per heavy atom. The molecule has 214 valence electrons. The van der Waals surface area contributed by atoms with Gasteiger partial charge in [0.15, 0.2) is 0 Å². The van der Waals surface area contributed by atoms with Crippen molar-refractivity contribution >= 4 is 38.7 Å². The third-order valence-corrected chi connectivity index (χ3v) is 8.38. The zero-order chi connectivity index (χ0) is 30.5. The van der Waals surface area contributed by atoms with Crippen LogP contribution in [0.15, 0.2) is 145 Å². The van der Waals surface area contributed by atoms with Crippen molar-refractivity contribution in [3.63, 3.8) is 0 Å². The lowest BCUT2D eigenvalue weighted by atomic mass is 9.95. The number of rotatable bonds is 6. The maximum Gasteiger partial charge on any atom is 0.227 e. The number of allylic oxidation sites excluding steroid dienone is 2. The highest BCUT2D eigenvalue weighted by atomic mass is 16.3. The average Bonchev–Trinajstić information content (AvgIpc) is 3.67. The molecule has 4 heterocycles. The van der Waals surface area contributed by atoms with Crippen LogP contribution in [0.3, 0.4) is 0 Å². The van der Waals surface area contributed by atoms with Crippen molar-refractivity contribution in [1.29, 1.82) is 0 Å². The van der Waals surface area contributed by atoms with Gasteiger partial charge in [0.25, 0.3) is 0 Å². The van der Waals surface area contributed by atoms with Gasteiger partial charge in [-0.2, -0.15) is 0 Å². The molecule has 45 heavy (non-hydrogen) atoms. The lowest BCUT2D eigenvalue weighted by Gasteiger charge is -2.20. The van der Waals surface area contributed by atoms with Gasteiger partial charge in [-0.15, -0.1) is 0 Å². The molecule has 0 spiro atoms. The fourth-order valence-corrected chi connectivity index (χ4v) is 6.18. The SMILES string of the molecule is C=CC(=C)c1ccc2c(c1)oc1ncc(-c3nc4ccnc(C)c4n3-c3c(-c4ccccc4)cccc3-c3ccccc3)cc12. The third-order valence-electron chi connectivity index (χ3n) is 8.38. The predicted octanol–water partition coefficient (Wildman–Crippen LogP) is 10.2. The number of pyridine rings is 2. The topological polar surface area (TPSA) is 56.7 Å². The van der Waals surface area contributed by atoms with Crippen LogP contribution in [0, 0.1) is 6.92 Å². The summed E-state index contributed by atoms with van der Waals surface area (Å²) < 4.78 is 8.47. The number of nitrogens with zero attached hydrogens (tertiary/aromatic N) is 4. The van der Waals surface area contributed by atoms with Crippen molar-refractivity contribution in [1.82, 2.24) is 19.5 Å². The minimum absolute atomic E-state index is 0.574. The highest BCUT2D eigenvalue weighted by Crippen LogP contribution is 2.41. The number of hydrogen-bond acceptors (Lipinski definition) is 4. The van der Waals surface area contributed by atoms with Crippen molar-refractivity contribution in [2.24, 2.45) is 0 Å². The van der Waals surface area contributed by atoms with E-state index in [0.29, 0.717) is 5.71 Å². The highest BCUT2D eigenvalue weighted by Gasteiger charge is 2.23. The first-order valence-corrected chi connectivity index (χ1v) is 14.8. The Balaban J connectivity index is 1.45. The molecule has 0 N–H and O–H groups in total. The molecule has 0 amide bonds. The van der Waals surface area contributed by atoms with Gasteiger partial charge >= 0.3 is 0 Å². The zero-order valence-corrected chi connectivity index (χ0v) is 24.7. The average molecular weight is 581 g/mol. The number of fused-ring (bicyclic) bond motifs is 4.